The quantitative estimate of drug-likeness (QED) is 0.883. The molecule has 0 saturated heterocycles. The average Bonchev–Trinajstić information content (AvgIpc) is 3.27. The zero-order valence-corrected chi connectivity index (χ0v) is 11.9. The van der Waals surface area contributed by atoms with Gasteiger partial charge in [-0.1, -0.05) is 12.8 Å². The first-order chi connectivity index (χ1) is 9.31. The van der Waals surface area contributed by atoms with Crippen LogP contribution in [0.3, 0.4) is 0 Å². The molecule has 19 heavy (non-hydrogen) atoms. The molecule has 1 unspecified atom stereocenters. The van der Waals surface area contributed by atoms with E-state index in [9.17, 15) is 0 Å². The summed E-state index contributed by atoms with van der Waals surface area (Å²) in [5.41, 5.74) is 2.82. The molecule has 3 heteroatoms. The summed E-state index contributed by atoms with van der Waals surface area (Å²) in [6, 6.07) is 4.81. The van der Waals surface area contributed by atoms with Gasteiger partial charge in [0.25, 0.3) is 0 Å². The van der Waals surface area contributed by atoms with E-state index in [1.54, 1.807) is 14.2 Å². The molecule has 0 radical (unpaired) electrons. The zero-order chi connectivity index (χ0) is 13.2. The number of methoxy groups -OCH3 is 2. The van der Waals surface area contributed by atoms with E-state index in [0.717, 1.165) is 30.4 Å². The second-order valence-electron chi connectivity index (χ2n) is 5.68. The predicted octanol–water partition coefficient (Wildman–Crippen LogP) is 3.08. The topological polar surface area (TPSA) is 30.5 Å². The molecular formula is C16H23NO2. The van der Waals surface area contributed by atoms with Gasteiger partial charge >= 0.3 is 0 Å². The molecule has 1 aromatic rings. The molecule has 1 aliphatic heterocycles. The van der Waals surface area contributed by atoms with Crippen molar-refractivity contribution in [1.29, 1.82) is 0 Å². The summed E-state index contributed by atoms with van der Waals surface area (Å²) in [6.07, 6.45) is 6.55. The highest BCUT2D eigenvalue weighted by Crippen LogP contribution is 2.39. The van der Waals surface area contributed by atoms with Crippen LogP contribution in [0.5, 0.6) is 11.5 Å². The standard InChI is InChI=1S/C16H23NO2/c1-18-15-9-12-7-8-17-14(6-5-11-3-4-11)13(12)10-16(15)19-2/h9-11,14,17H,3-8H2,1-2H3. The van der Waals surface area contributed by atoms with Crippen molar-refractivity contribution in [2.24, 2.45) is 5.92 Å². The Balaban J connectivity index is 1.84. The smallest absolute Gasteiger partial charge is 0.161 e. The van der Waals surface area contributed by atoms with E-state index < -0.39 is 0 Å². The Labute approximate surface area is 115 Å². The lowest BCUT2D eigenvalue weighted by atomic mass is 9.90. The largest absolute Gasteiger partial charge is 0.493 e. The summed E-state index contributed by atoms with van der Waals surface area (Å²) in [7, 11) is 3.41. The molecule has 1 heterocycles. The third-order valence-electron chi connectivity index (χ3n) is 4.37. The Hall–Kier alpha value is -1.22. The number of hydrogen-bond donors (Lipinski definition) is 1. The maximum absolute atomic E-state index is 5.44. The van der Waals surface area contributed by atoms with Crippen LogP contribution in [0.25, 0.3) is 0 Å². The van der Waals surface area contributed by atoms with E-state index >= 15 is 0 Å². The zero-order valence-electron chi connectivity index (χ0n) is 11.9. The molecule has 104 valence electrons. The van der Waals surface area contributed by atoms with Crippen molar-refractivity contribution < 1.29 is 9.47 Å². The minimum Gasteiger partial charge on any atom is -0.493 e. The van der Waals surface area contributed by atoms with Crippen LogP contribution >= 0.6 is 0 Å². The van der Waals surface area contributed by atoms with Crippen molar-refractivity contribution in [3.05, 3.63) is 23.3 Å². The van der Waals surface area contributed by atoms with Crippen LogP contribution in [-0.2, 0) is 6.42 Å². The van der Waals surface area contributed by atoms with E-state index in [2.05, 4.69) is 17.4 Å². The van der Waals surface area contributed by atoms with Crippen LogP contribution in [0.15, 0.2) is 12.1 Å². The Bertz CT molecular complexity index is 454. The summed E-state index contributed by atoms with van der Waals surface area (Å²) in [5.74, 6) is 2.69. The molecule has 3 nitrogen and oxygen atoms in total. The van der Waals surface area contributed by atoms with Gasteiger partial charge in [0.2, 0.25) is 0 Å². The Morgan fingerprint density at radius 1 is 1.11 bits per heavy atom. The summed E-state index contributed by atoms with van der Waals surface area (Å²) >= 11 is 0. The fourth-order valence-electron chi connectivity index (χ4n) is 3.04. The lowest BCUT2D eigenvalue weighted by Crippen LogP contribution is -2.30. The van der Waals surface area contributed by atoms with Gasteiger partial charge in [-0.15, -0.1) is 0 Å². The van der Waals surface area contributed by atoms with Gasteiger partial charge in [-0.25, -0.2) is 0 Å². The second kappa shape index (κ2) is 5.41. The van der Waals surface area contributed by atoms with Crippen LogP contribution in [0.1, 0.15) is 42.9 Å². The molecule has 0 spiro atoms. The van der Waals surface area contributed by atoms with Gasteiger partial charge < -0.3 is 14.8 Å². The highest BCUT2D eigenvalue weighted by atomic mass is 16.5. The van der Waals surface area contributed by atoms with Crippen molar-refractivity contribution >= 4 is 0 Å². The molecule has 1 N–H and O–H groups in total. The lowest BCUT2D eigenvalue weighted by molar-refractivity contribution is 0.351. The molecule has 3 rings (SSSR count). The molecule has 1 aromatic carbocycles. The summed E-state index contributed by atoms with van der Waals surface area (Å²) in [5, 5.41) is 3.65. The Morgan fingerprint density at radius 3 is 2.53 bits per heavy atom. The third-order valence-corrected chi connectivity index (χ3v) is 4.37. The van der Waals surface area contributed by atoms with Gasteiger partial charge in [0.1, 0.15) is 0 Å². The van der Waals surface area contributed by atoms with Gasteiger partial charge in [-0.3, -0.25) is 0 Å². The average molecular weight is 261 g/mol. The molecule has 1 atom stereocenters. The monoisotopic (exact) mass is 261 g/mol. The molecule has 2 aliphatic rings. The van der Waals surface area contributed by atoms with Crippen LogP contribution in [0, 0.1) is 5.92 Å². The van der Waals surface area contributed by atoms with Gasteiger partial charge in [-0.05, 0) is 55.0 Å². The SMILES string of the molecule is COc1cc2c(cc1OC)C(CCC1CC1)NCC2. The molecular weight excluding hydrogens is 238 g/mol. The molecule has 0 aromatic heterocycles. The fourth-order valence-corrected chi connectivity index (χ4v) is 3.04. The fraction of sp³-hybridized carbons (Fsp3) is 0.625. The van der Waals surface area contributed by atoms with E-state index in [1.165, 1.54) is 36.8 Å². The third kappa shape index (κ3) is 2.71. The molecule has 1 aliphatic carbocycles. The maximum Gasteiger partial charge on any atom is 0.161 e. The highest BCUT2D eigenvalue weighted by molar-refractivity contribution is 5.49. The van der Waals surface area contributed by atoms with Gasteiger partial charge in [0.05, 0.1) is 14.2 Å². The number of fused-ring (bicyclic) bond motifs is 1. The van der Waals surface area contributed by atoms with E-state index in [4.69, 9.17) is 9.47 Å². The summed E-state index contributed by atoms with van der Waals surface area (Å²) in [6.45, 7) is 1.07. The van der Waals surface area contributed by atoms with Gasteiger partial charge in [0.15, 0.2) is 11.5 Å². The summed E-state index contributed by atoms with van der Waals surface area (Å²) in [4.78, 5) is 0. The number of rotatable bonds is 5. The first kappa shape index (κ1) is 12.8. The number of hydrogen-bond acceptors (Lipinski definition) is 3. The van der Waals surface area contributed by atoms with Crippen molar-refractivity contribution in [2.45, 2.75) is 38.1 Å². The molecule has 1 saturated carbocycles. The Morgan fingerprint density at radius 2 is 1.84 bits per heavy atom. The minimum absolute atomic E-state index is 0.490. The molecule has 1 fully saturated rings. The normalized spacial score (nSPS) is 21.9. The van der Waals surface area contributed by atoms with Crippen molar-refractivity contribution in [3.63, 3.8) is 0 Å². The summed E-state index contributed by atoms with van der Waals surface area (Å²) < 4.78 is 10.8. The first-order valence-electron chi connectivity index (χ1n) is 7.30. The van der Waals surface area contributed by atoms with Gasteiger partial charge in [-0.2, -0.15) is 0 Å². The maximum atomic E-state index is 5.44. The van der Waals surface area contributed by atoms with Gasteiger partial charge in [0, 0.05) is 6.04 Å². The number of nitrogens with one attached hydrogen (secondary N) is 1. The first-order valence-corrected chi connectivity index (χ1v) is 7.30. The lowest BCUT2D eigenvalue weighted by Gasteiger charge is -2.28. The second-order valence-corrected chi connectivity index (χ2v) is 5.68. The van der Waals surface area contributed by atoms with Crippen molar-refractivity contribution in [1.82, 2.24) is 5.32 Å². The molecule has 0 bridgehead atoms. The number of benzene rings is 1. The Kier molecular flexibility index (Phi) is 3.65. The van der Waals surface area contributed by atoms with Crippen molar-refractivity contribution in [2.75, 3.05) is 20.8 Å². The minimum atomic E-state index is 0.490. The van der Waals surface area contributed by atoms with Crippen LogP contribution in [0.2, 0.25) is 0 Å². The van der Waals surface area contributed by atoms with Crippen LogP contribution in [-0.4, -0.2) is 20.8 Å². The molecule has 0 amide bonds. The van der Waals surface area contributed by atoms with Crippen LogP contribution in [0.4, 0.5) is 0 Å². The van der Waals surface area contributed by atoms with E-state index in [0.29, 0.717) is 6.04 Å². The van der Waals surface area contributed by atoms with E-state index in [1.807, 2.05) is 0 Å². The van der Waals surface area contributed by atoms with E-state index in [-0.39, 0.29) is 0 Å². The van der Waals surface area contributed by atoms with Crippen LogP contribution < -0.4 is 14.8 Å². The highest BCUT2D eigenvalue weighted by Gasteiger charge is 2.26. The van der Waals surface area contributed by atoms with Crippen molar-refractivity contribution in [3.8, 4) is 11.5 Å². The predicted molar refractivity (Wildman–Crippen MR) is 76.0 cm³/mol. The number of ether oxygens (including phenoxy) is 2.